The Bertz CT molecular complexity index is 145. The van der Waals surface area contributed by atoms with E-state index in [9.17, 15) is 0 Å². The highest BCUT2D eigenvalue weighted by molar-refractivity contribution is 4.96. The molecule has 0 aliphatic heterocycles. The van der Waals surface area contributed by atoms with Crippen molar-refractivity contribution in [3.05, 3.63) is 0 Å². The van der Waals surface area contributed by atoms with E-state index in [1.807, 2.05) is 0 Å². The van der Waals surface area contributed by atoms with E-state index in [-0.39, 0.29) is 0 Å². The lowest BCUT2D eigenvalue weighted by Crippen LogP contribution is -2.08. The van der Waals surface area contributed by atoms with Crippen molar-refractivity contribution in [2.75, 3.05) is 0 Å². The zero-order chi connectivity index (χ0) is 7.26. The third-order valence-electron chi connectivity index (χ3n) is 4.59. The van der Waals surface area contributed by atoms with E-state index < -0.39 is 0 Å². The van der Waals surface area contributed by atoms with Crippen molar-refractivity contribution in [3.63, 3.8) is 0 Å². The molecule has 3 saturated carbocycles. The Labute approximate surface area is 69.4 Å². The van der Waals surface area contributed by atoms with Crippen molar-refractivity contribution >= 4 is 0 Å². The van der Waals surface area contributed by atoms with E-state index in [0.717, 1.165) is 0 Å². The average Bonchev–Trinajstić information content (AvgIpc) is 2.58. The summed E-state index contributed by atoms with van der Waals surface area (Å²) in [5, 5.41) is 0. The van der Waals surface area contributed by atoms with Gasteiger partial charge in [0.15, 0.2) is 0 Å². The fourth-order valence-electron chi connectivity index (χ4n) is 4.23. The van der Waals surface area contributed by atoms with Crippen molar-refractivity contribution in [2.45, 2.75) is 44.9 Å². The number of fused-ring (bicyclic) bond motifs is 5. The molecule has 0 spiro atoms. The maximum Gasteiger partial charge on any atom is -0.0355 e. The smallest absolute Gasteiger partial charge is 0.0355 e. The van der Waals surface area contributed by atoms with Crippen LogP contribution in [0.15, 0.2) is 0 Å². The fraction of sp³-hybridized carbons (Fsp3) is 1.00. The predicted octanol–water partition coefficient (Wildman–Crippen LogP) is 3.22. The SMILES string of the molecule is C1CC2CC(C1)C1CCCC21. The minimum atomic E-state index is 1.18. The van der Waals surface area contributed by atoms with E-state index in [4.69, 9.17) is 0 Å². The van der Waals surface area contributed by atoms with Gasteiger partial charge in [-0.15, -0.1) is 0 Å². The second-order valence-electron chi connectivity index (χ2n) is 4.95. The van der Waals surface area contributed by atoms with Crippen LogP contribution >= 0.6 is 0 Å². The standard InChI is InChI=1S/C11H18/c1-3-8-7-9(4-1)11-6-2-5-10(8)11/h8-11H,1-7H2. The first kappa shape index (κ1) is 6.51. The zero-order valence-electron chi connectivity index (χ0n) is 7.26. The highest BCUT2D eigenvalue weighted by Gasteiger charge is 2.46. The molecule has 3 rings (SSSR count). The summed E-state index contributed by atoms with van der Waals surface area (Å²) in [6.45, 7) is 0. The lowest BCUT2D eigenvalue weighted by atomic mass is 9.85. The molecular formula is C11H18. The van der Waals surface area contributed by atoms with Crippen LogP contribution in [0.2, 0.25) is 0 Å². The lowest BCUT2D eigenvalue weighted by Gasteiger charge is -2.20. The van der Waals surface area contributed by atoms with E-state index in [1.165, 1.54) is 23.7 Å². The number of hydrogen-bond donors (Lipinski definition) is 0. The molecule has 11 heavy (non-hydrogen) atoms. The molecule has 4 atom stereocenters. The second kappa shape index (κ2) is 2.24. The van der Waals surface area contributed by atoms with Crippen molar-refractivity contribution in [1.82, 2.24) is 0 Å². The van der Waals surface area contributed by atoms with Gasteiger partial charge in [0.05, 0.1) is 0 Å². The first-order valence-electron chi connectivity index (χ1n) is 5.45. The predicted molar refractivity (Wildman–Crippen MR) is 46.3 cm³/mol. The normalized spacial score (nSPS) is 54.5. The molecule has 0 amide bonds. The van der Waals surface area contributed by atoms with Gasteiger partial charge in [-0.3, -0.25) is 0 Å². The van der Waals surface area contributed by atoms with Crippen molar-refractivity contribution < 1.29 is 0 Å². The molecular weight excluding hydrogens is 132 g/mol. The van der Waals surface area contributed by atoms with Crippen LogP contribution in [0.5, 0.6) is 0 Å². The van der Waals surface area contributed by atoms with Crippen LogP contribution in [0.4, 0.5) is 0 Å². The maximum atomic E-state index is 1.62. The Balaban J connectivity index is 1.88. The van der Waals surface area contributed by atoms with Crippen molar-refractivity contribution in [1.29, 1.82) is 0 Å². The average molecular weight is 150 g/mol. The number of hydrogen-bond acceptors (Lipinski definition) is 0. The Hall–Kier alpha value is 0. The minimum Gasteiger partial charge on any atom is -0.0528 e. The lowest BCUT2D eigenvalue weighted by molar-refractivity contribution is 0.312. The molecule has 62 valence electrons. The summed E-state index contributed by atoms with van der Waals surface area (Å²) in [5.74, 6) is 4.76. The van der Waals surface area contributed by atoms with Gasteiger partial charge in [-0.25, -0.2) is 0 Å². The van der Waals surface area contributed by atoms with Gasteiger partial charge in [0.1, 0.15) is 0 Å². The van der Waals surface area contributed by atoms with E-state index in [0.29, 0.717) is 0 Å². The molecule has 0 aromatic carbocycles. The molecule has 2 bridgehead atoms. The van der Waals surface area contributed by atoms with Gasteiger partial charge in [0, 0.05) is 0 Å². The number of rotatable bonds is 0. The van der Waals surface area contributed by atoms with E-state index in [2.05, 4.69) is 0 Å². The summed E-state index contributed by atoms with van der Waals surface area (Å²) in [5.41, 5.74) is 0. The summed E-state index contributed by atoms with van der Waals surface area (Å²) >= 11 is 0. The third-order valence-corrected chi connectivity index (χ3v) is 4.59. The largest absolute Gasteiger partial charge is 0.0528 e. The van der Waals surface area contributed by atoms with Crippen LogP contribution in [-0.4, -0.2) is 0 Å². The molecule has 0 N–H and O–H groups in total. The van der Waals surface area contributed by atoms with Crippen LogP contribution in [0.3, 0.4) is 0 Å². The van der Waals surface area contributed by atoms with Crippen molar-refractivity contribution in [3.8, 4) is 0 Å². The minimum absolute atomic E-state index is 1.18. The molecule has 0 radical (unpaired) electrons. The van der Waals surface area contributed by atoms with Crippen LogP contribution in [0, 0.1) is 23.7 Å². The molecule has 0 saturated heterocycles. The molecule has 3 aliphatic carbocycles. The van der Waals surface area contributed by atoms with Gasteiger partial charge >= 0.3 is 0 Å². The highest BCUT2D eigenvalue weighted by Crippen LogP contribution is 2.56. The molecule has 0 heteroatoms. The van der Waals surface area contributed by atoms with E-state index >= 15 is 0 Å². The molecule has 3 aliphatic rings. The van der Waals surface area contributed by atoms with Crippen molar-refractivity contribution in [2.24, 2.45) is 23.7 Å². The summed E-state index contributed by atoms with van der Waals surface area (Å²) in [4.78, 5) is 0. The Kier molecular flexibility index (Phi) is 1.33. The molecule has 0 heterocycles. The molecule has 0 nitrogen and oxygen atoms in total. The third kappa shape index (κ3) is 0.816. The molecule has 4 unspecified atom stereocenters. The molecule has 0 aromatic rings. The van der Waals surface area contributed by atoms with Crippen LogP contribution < -0.4 is 0 Å². The Morgan fingerprint density at radius 2 is 1.18 bits per heavy atom. The molecule has 0 aromatic heterocycles. The quantitative estimate of drug-likeness (QED) is 0.497. The van der Waals surface area contributed by atoms with Gasteiger partial charge in [-0.05, 0) is 42.9 Å². The van der Waals surface area contributed by atoms with Crippen LogP contribution in [-0.2, 0) is 0 Å². The first-order valence-corrected chi connectivity index (χ1v) is 5.45. The molecule has 3 fully saturated rings. The van der Waals surface area contributed by atoms with Gasteiger partial charge in [-0.2, -0.15) is 0 Å². The fourth-order valence-corrected chi connectivity index (χ4v) is 4.23. The van der Waals surface area contributed by atoms with Crippen LogP contribution in [0.1, 0.15) is 44.9 Å². The van der Waals surface area contributed by atoms with Gasteiger partial charge in [-0.1, -0.05) is 25.7 Å². The Morgan fingerprint density at radius 3 is 1.82 bits per heavy atom. The second-order valence-corrected chi connectivity index (χ2v) is 4.95. The summed E-state index contributed by atoms with van der Waals surface area (Å²) in [6.07, 6.45) is 11.1. The summed E-state index contributed by atoms with van der Waals surface area (Å²) < 4.78 is 0. The van der Waals surface area contributed by atoms with Gasteiger partial charge < -0.3 is 0 Å². The zero-order valence-corrected chi connectivity index (χ0v) is 7.26. The summed E-state index contributed by atoms with van der Waals surface area (Å²) in [6, 6.07) is 0. The maximum absolute atomic E-state index is 1.62. The van der Waals surface area contributed by atoms with Crippen LogP contribution in [0.25, 0.3) is 0 Å². The monoisotopic (exact) mass is 150 g/mol. The van der Waals surface area contributed by atoms with Gasteiger partial charge in [0.2, 0.25) is 0 Å². The first-order chi connectivity index (χ1) is 5.45. The Morgan fingerprint density at radius 1 is 0.636 bits per heavy atom. The topological polar surface area (TPSA) is 0 Å². The highest BCUT2D eigenvalue weighted by atomic mass is 14.5. The van der Waals surface area contributed by atoms with E-state index in [1.54, 1.807) is 44.9 Å². The summed E-state index contributed by atoms with van der Waals surface area (Å²) in [7, 11) is 0. The van der Waals surface area contributed by atoms with Gasteiger partial charge in [0.25, 0.3) is 0 Å².